The van der Waals surface area contributed by atoms with Gasteiger partial charge >= 0.3 is 6.03 Å². The van der Waals surface area contributed by atoms with E-state index in [0.717, 1.165) is 35.4 Å². The molecule has 22 heavy (non-hydrogen) atoms. The van der Waals surface area contributed by atoms with Gasteiger partial charge in [-0.1, -0.05) is 12.8 Å². The lowest BCUT2D eigenvalue weighted by atomic mass is 10.2. The van der Waals surface area contributed by atoms with Gasteiger partial charge in [-0.05, 0) is 25.0 Å². The Hall–Kier alpha value is -2.24. The molecule has 0 radical (unpaired) electrons. The summed E-state index contributed by atoms with van der Waals surface area (Å²) in [4.78, 5) is 16.5. The average molecular weight is 302 g/mol. The maximum absolute atomic E-state index is 11.9. The van der Waals surface area contributed by atoms with Gasteiger partial charge in [0.05, 0.1) is 24.7 Å². The number of hydrogen-bond donors (Lipinski definition) is 2. The molecule has 0 unspecified atom stereocenters. The van der Waals surface area contributed by atoms with E-state index in [2.05, 4.69) is 15.6 Å². The topological polar surface area (TPSA) is 68.2 Å². The predicted molar refractivity (Wildman–Crippen MR) is 84.9 cm³/mol. The standard InChI is InChI=1S/C16H22N4O2/c1-20-14-8-7-12(22-2)9-13(14)19-15(20)10-17-16(21)18-11-5-3-4-6-11/h7-9,11H,3-6,10H2,1-2H3,(H2,17,18,21). The Morgan fingerprint density at radius 3 is 2.91 bits per heavy atom. The quantitative estimate of drug-likeness (QED) is 0.911. The molecule has 0 saturated heterocycles. The molecule has 1 aromatic heterocycles. The molecule has 1 aromatic carbocycles. The van der Waals surface area contributed by atoms with Crippen molar-refractivity contribution in [1.82, 2.24) is 20.2 Å². The highest BCUT2D eigenvalue weighted by Crippen LogP contribution is 2.21. The van der Waals surface area contributed by atoms with E-state index in [1.807, 2.05) is 29.8 Å². The molecule has 1 fully saturated rings. The molecule has 3 rings (SSSR count). The molecule has 0 spiro atoms. The minimum absolute atomic E-state index is 0.114. The van der Waals surface area contributed by atoms with Crippen LogP contribution in [0, 0.1) is 0 Å². The summed E-state index contributed by atoms with van der Waals surface area (Å²) in [6.45, 7) is 0.409. The summed E-state index contributed by atoms with van der Waals surface area (Å²) in [5.41, 5.74) is 1.89. The lowest BCUT2D eigenvalue weighted by molar-refractivity contribution is 0.236. The van der Waals surface area contributed by atoms with Gasteiger partial charge in [-0.25, -0.2) is 9.78 Å². The van der Waals surface area contributed by atoms with Crippen molar-refractivity contribution >= 4 is 17.1 Å². The van der Waals surface area contributed by atoms with Crippen molar-refractivity contribution in [2.75, 3.05) is 7.11 Å². The van der Waals surface area contributed by atoms with Gasteiger partial charge in [0.2, 0.25) is 0 Å². The first-order chi connectivity index (χ1) is 10.7. The number of fused-ring (bicyclic) bond motifs is 1. The van der Waals surface area contributed by atoms with E-state index in [1.165, 1.54) is 12.8 Å². The number of ether oxygens (including phenoxy) is 1. The van der Waals surface area contributed by atoms with Crippen LogP contribution in [-0.2, 0) is 13.6 Å². The summed E-state index contributed by atoms with van der Waals surface area (Å²) in [5.74, 6) is 1.61. The van der Waals surface area contributed by atoms with Crippen LogP contribution in [-0.4, -0.2) is 28.7 Å². The number of nitrogens with one attached hydrogen (secondary N) is 2. The van der Waals surface area contributed by atoms with E-state index >= 15 is 0 Å². The van der Waals surface area contributed by atoms with E-state index in [-0.39, 0.29) is 6.03 Å². The number of nitrogens with zero attached hydrogens (tertiary/aromatic N) is 2. The number of aromatic nitrogens is 2. The number of benzene rings is 1. The van der Waals surface area contributed by atoms with Crippen LogP contribution < -0.4 is 15.4 Å². The lowest BCUT2D eigenvalue weighted by Gasteiger charge is -2.12. The second-order valence-corrected chi connectivity index (χ2v) is 5.75. The van der Waals surface area contributed by atoms with Crippen LogP contribution >= 0.6 is 0 Å². The number of rotatable bonds is 4. The zero-order chi connectivity index (χ0) is 15.5. The SMILES string of the molecule is COc1ccc2c(c1)nc(CNC(=O)NC1CCCC1)n2C. The number of aryl methyl sites for hydroxylation is 1. The molecule has 118 valence electrons. The fourth-order valence-electron chi connectivity index (χ4n) is 2.98. The Kier molecular flexibility index (Phi) is 4.18. The van der Waals surface area contributed by atoms with Crippen LogP contribution in [0.3, 0.4) is 0 Å². The van der Waals surface area contributed by atoms with Gasteiger partial charge < -0.3 is 19.9 Å². The highest BCUT2D eigenvalue weighted by molar-refractivity contribution is 5.78. The molecule has 2 amide bonds. The van der Waals surface area contributed by atoms with Crippen LogP contribution in [0.2, 0.25) is 0 Å². The first-order valence-electron chi connectivity index (χ1n) is 7.71. The van der Waals surface area contributed by atoms with Gasteiger partial charge in [-0.2, -0.15) is 0 Å². The molecule has 0 aliphatic heterocycles. The number of hydrogen-bond acceptors (Lipinski definition) is 3. The molecule has 0 bridgehead atoms. The largest absolute Gasteiger partial charge is 0.497 e. The van der Waals surface area contributed by atoms with Gasteiger partial charge in [0.1, 0.15) is 11.6 Å². The zero-order valence-corrected chi connectivity index (χ0v) is 13.1. The third kappa shape index (κ3) is 3.00. The number of carbonyl (C=O) groups excluding carboxylic acids is 1. The number of amides is 2. The molecule has 0 atom stereocenters. The Bertz CT molecular complexity index is 674. The lowest BCUT2D eigenvalue weighted by Crippen LogP contribution is -2.40. The fourth-order valence-corrected chi connectivity index (χ4v) is 2.98. The van der Waals surface area contributed by atoms with Crippen LogP contribution in [0.25, 0.3) is 11.0 Å². The molecule has 1 aliphatic carbocycles. The van der Waals surface area contributed by atoms with Gasteiger partial charge in [-0.3, -0.25) is 0 Å². The van der Waals surface area contributed by atoms with Crippen LogP contribution in [0.4, 0.5) is 4.79 Å². The molecular weight excluding hydrogens is 280 g/mol. The van der Waals surface area contributed by atoms with Crippen LogP contribution in [0.15, 0.2) is 18.2 Å². The van der Waals surface area contributed by atoms with Crippen LogP contribution in [0.5, 0.6) is 5.75 Å². The van der Waals surface area contributed by atoms with Gasteiger partial charge in [-0.15, -0.1) is 0 Å². The summed E-state index contributed by atoms with van der Waals surface area (Å²) in [5, 5.41) is 5.91. The molecule has 1 heterocycles. The maximum Gasteiger partial charge on any atom is 0.315 e. The fraction of sp³-hybridized carbons (Fsp3) is 0.500. The number of imidazole rings is 1. The third-order valence-electron chi connectivity index (χ3n) is 4.28. The summed E-state index contributed by atoms with van der Waals surface area (Å²) in [7, 11) is 3.59. The smallest absolute Gasteiger partial charge is 0.315 e. The highest BCUT2D eigenvalue weighted by atomic mass is 16.5. The molecule has 2 aromatic rings. The predicted octanol–water partition coefficient (Wildman–Crippen LogP) is 2.32. The monoisotopic (exact) mass is 302 g/mol. The van der Waals surface area contributed by atoms with Crippen molar-refractivity contribution in [3.63, 3.8) is 0 Å². The number of urea groups is 1. The minimum Gasteiger partial charge on any atom is -0.497 e. The van der Waals surface area contributed by atoms with Crippen molar-refractivity contribution in [3.8, 4) is 5.75 Å². The minimum atomic E-state index is -0.114. The molecule has 6 nitrogen and oxygen atoms in total. The summed E-state index contributed by atoms with van der Waals surface area (Å²) < 4.78 is 7.21. The first-order valence-corrected chi connectivity index (χ1v) is 7.71. The van der Waals surface area contributed by atoms with Crippen molar-refractivity contribution in [2.24, 2.45) is 7.05 Å². The Morgan fingerprint density at radius 2 is 2.18 bits per heavy atom. The zero-order valence-electron chi connectivity index (χ0n) is 13.1. The molecule has 6 heteroatoms. The number of methoxy groups -OCH3 is 1. The highest BCUT2D eigenvalue weighted by Gasteiger charge is 2.17. The second-order valence-electron chi connectivity index (χ2n) is 5.75. The molecule has 1 aliphatic rings. The second kappa shape index (κ2) is 6.25. The Labute approximate surface area is 129 Å². The average Bonchev–Trinajstić information content (AvgIpc) is 3.13. The third-order valence-corrected chi connectivity index (χ3v) is 4.28. The summed E-state index contributed by atoms with van der Waals surface area (Å²) in [6.07, 6.45) is 4.58. The Morgan fingerprint density at radius 1 is 1.41 bits per heavy atom. The van der Waals surface area contributed by atoms with Gasteiger partial charge in [0.25, 0.3) is 0 Å². The first kappa shape index (κ1) is 14.7. The van der Waals surface area contributed by atoms with E-state index in [0.29, 0.717) is 12.6 Å². The maximum atomic E-state index is 11.9. The van der Waals surface area contributed by atoms with Crippen molar-refractivity contribution < 1.29 is 9.53 Å². The normalized spacial score (nSPS) is 15.2. The summed E-state index contributed by atoms with van der Waals surface area (Å²) in [6, 6.07) is 6.00. The van der Waals surface area contributed by atoms with Crippen molar-refractivity contribution in [2.45, 2.75) is 38.3 Å². The molecular formula is C16H22N4O2. The Balaban J connectivity index is 1.65. The van der Waals surface area contributed by atoms with Crippen LogP contribution in [0.1, 0.15) is 31.5 Å². The van der Waals surface area contributed by atoms with Crippen molar-refractivity contribution in [3.05, 3.63) is 24.0 Å². The van der Waals surface area contributed by atoms with E-state index < -0.39 is 0 Å². The molecule has 1 saturated carbocycles. The van der Waals surface area contributed by atoms with E-state index in [9.17, 15) is 4.79 Å². The van der Waals surface area contributed by atoms with E-state index in [4.69, 9.17) is 4.74 Å². The van der Waals surface area contributed by atoms with Gasteiger partial charge in [0.15, 0.2) is 0 Å². The number of carbonyl (C=O) groups is 1. The van der Waals surface area contributed by atoms with Crippen molar-refractivity contribution in [1.29, 1.82) is 0 Å². The van der Waals surface area contributed by atoms with E-state index in [1.54, 1.807) is 7.11 Å². The van der Waals surface area contributed by atoms with Gasteiger partial charge in [0, 0.05) is 19.2 Å². The summed E-state index contributed by atoms with van der Waals surface area (Å²) >= 11 is 0. The molecule has 2 N–H and O–H groups in total.